The summed E-state index contributed by atoms with van der Waals surface area (Å²) in [6.07, 6.45) is -4.40. The molecule has 0 heterocycles. The summed E-state index contributed by atoms with van der Waals surface area (Å²) >= 11 is 5.82. The average molecular weight is 287 g/mol. The van der Waals surface area contributed by atoms with Gasteiger partial charge in [-0.1, -0.05) is 17.7 Å². The summed E-state index contributed by atoms with van der Waals surface area (Å²) in [4.78, 5) is 0. The van der Waals surface area contributed by atoms with Gasteiger partial charge in [0.05, 0.1) is 16.9 Å². The zero-order valence-electron chi connectivity index (χ0n) is 9.63. The van der Waals surface area contributed by atoms with Crippen molar-refractivity contribution in [1.82, 2.24) is 0 Å². The number of hydrogen-bond acceptors (Lipinski definition) is 2. The van der Waals surface area contributed by atoms with Gasteiger partial charge in [-0.05, 0) is 36.4 Å². The molecule has 0 bridgehead atoms. The molecule has 0 spiro atoms. The van der Waals surface area contributed by atoms with E-state index in [1.807, 2.05) is 0 Å². The first kappa shape index (κ1) is 13.5. The Kier molecular flexibility index (Phi) is 3.57. The smallest absolute Gasteiger partial charge is 0.397 e. The second-order valence-corrected chi connectivity index (χ2v) is 4.37. The topological polar surface area (TPSA) is 38.0 Å². The molecule has 2 nitrogen and oxygen atoms in total. The number of anilines is 3. The number of halogens is 4. The largest absolute Gasteiger partial charge is 0.416 e. The molecule has 100 valence electrons. The number of benzene rings is 2. The van der Waals surface area contributed by atoms with Crippen molar-refractivity contribution >= 4 is 28.7 Å². The summed E-state index contributed by atoms with van der Waals surface area (Å²) in [5.74, 6) is 0. The molecular weight excluding hydrogens is 277 g/mol. The summed E-state index contributed by atoms with van der Waals surface area (Å²) in [5.41, 5.74) is 5.91. The highest BCUT2D eigenvalue weighted by Crippen LogP contribution is 2.33. The molecule has 0 unspecified atom stereocenters. The molecule has 6 heteroatoms. The van der Waals surface area contributed by atoms with Crippen LogP contribution < -0.4 is 11.1 Å². The molecule has 0 fully saturated rings. The number of hydrogen-bond donors (Lipinski definition) is 2. The van der Waals surface area contributed by atoms with Crippen molar-refractivity contribution in [3.8, 4) is 0 Å². The van der Waals surface area contributed by atoms with E-state index in [4.69, 9.17) is 17.3 Å². The fourth-order valence-corrected chi connectivity index (χ4v) is 1.76. The number of alkyl halides is 3. The van der Waals surface area contributed by atoms with Gasteiger partial charge in [0.15, 0.2) is 0 Å². The summed E-state index contributed by atoms with van der Waals surface area (Å²) in [6.45, 7) is 0. The quantitative estimate of drug-likeness (QED) is 0.786. The van der Waals surface area contributed by atoms with Crippen molar-refractivity contribution in [3.63, 3.8) is 0 Å². The van der Waals surface area contributed by atoms with Crippen LogP contribution in [-0.2, 0) is 6.18 Å². The summed E-state index contributed by atoms with van der Waals surface area (Å²) in [6, 6.07) is 9.98. The van der Waals surface area contributed by atoms with Gasteiger partial charge >= 0.3 is 6.18 Å². The van der Waals surface area contributed by atoms with Gasteiger partial charge in [-0.3, -0.25) is 0 Å². The second-order valence-electron chi connectivity index (χ2n) is 3.94. The maximum absolute atomic E-state index is 12.5. The molecule has 0 saturated carbocycles. The average Bonchev–Trinajstić information content (AvgIpc) is 2.30. The lowest BCUT2D eigenvalue weighted by Crippen LogP contribution is -2.06. The molecule has 3 N–H and O–H groups in total. The van der Waals surface area contributed by atoms with Crippen molar-refractivity contribution in [2.45, 2.75) is 6.18 Å². The molecule has 0 saturated heterocycles. The van der Waals surface area contributed by atoms with Crippen LogP contribution in [-0.4, -0.2) is 0 Å². The van der Waals surface area contributed by atoms with Crippen LogP contribution in [0, 0.1) is 0 Å². The van der Waals surface area contributed by atoms with Gasteiger partial charge in [0.1, 0.15) is 0 Å². The number of rotatable bonds is 2. The fourth-order valence-electron chi connectivity index (χ4n) is 1.57. The maximum Gasteiger partial charge on any atom is 0.416 e. The predicted molar refractivity (Wildman–Crippen MR) is 70.6 cm³/mol. The van der Waals surface area contributed by atoms with Crippen LogP contribution in [0.2, 0.25) is 5.02 Å². The minimum Gasteiger partial charge on any atom is -0.397 e. The highest BCUT2D eigenvalue weighted by Gasteiger charge is 2.30. The van der Waals surface area contributed by atoms with Crippen molar-refractivity contribution in [3.05, 3.63) is 53.1 Å². The highest BCUT2D eigenvalue weighted by atomic mass is 35.5. The van der Waals surface area contributed by atoms with E-state index in [9.17, 15) is 13.2 Å². The van der Waals surface area contributed by atoms with E-state index in [0.717, 1.165) is 12.1 Å². The van der Waals surface area contributed by atoms with Gasteiger partial charge in [0.2, 0.25) is 0 Å². The number of nitrogen functional groups attached to an aromatic ring is 1. The van der Waals surface area contributed by atoms with Crippen molar-refractivity contribution in [2.24, 2.45) is 0 Å². The molecule has 0 amide bonds. The predicted octanol–water partition coefficient (Wildman–Crippen LogP) is 4.68. The SMILES string of the molecule is Nc1cc(C(F)(F)F)ccc1Nc1cccc(Cl)c1. The Balaban J connectivity index is 2.27. The van der Waals surface area contributed by atoms with Crippen LogP contribution >= 0.6 is 11.6 Å². The molecule has 0 aliphatic carbocycles. The summed E-state index contributed by atoms with van der Waals surface area (Å²) in [5, 5.41) is 3.44. The lowest BCUT2D eigenvalue weighted by molar-refractivity contribution is -0.137. The van der Waals surface area contributed by atoms with E-state index in [0.29, 0.717) is 16.4 Å². The standard InChI is InChI=1S/C13H10ClF3N2/c14-9-2-1-3-10(7-9)19-12-5-4-8(6-11(12)18)13(15,16)17/h1-7,19H,18H2. The van der Waals surface area contributed by atoms with Crippen molar-refractivity contribution in [2.75, 3.05) is 11.1 Å². The Labute approximate surface area is 113 Å². The van der Waals surface area contributed by atoms with Gasteiger partial charge in [0, 0.05) is 10.7 Å². The number of nitrogens with two attached hydrogens (primary N) is 1. The maximum atomic E-state index is 12.5. The first-order valence-corrected chi connectivity index (χ1v) is 5.73. The van der Waals surface area contributed by atoms with Crippen LogP contribution in [0.1, 0.15) is 5.56 Å². The Hall–Kier alpha value is -1.88. The monoisotopic (exact) mass is 286 g/mol. The molecule has 0 aliphatic rings. The highest BCUT2D eigenvalue weighted by molar-refractivity contribution is 6.30. The fraction of sp³-hybridized carbons (Fsp3) is 0.0769. The molecule has 0 radical (unpaired) electrons. The van der Waals surface area contributed by atoms with E-state index in [2.05, 4.69) is 5.32 Å². The van der Waals surface area contributed by atoms with Gasteiger partial charge in [-0.15, -0.1) is 0 Å². The van der Waals surface area contributed by atoms with Crippen LogP contribution in [0.3, 0.4) is 0 Å². The van der Waals surface area contributed by atoms with Gasteiger partial charge in [-0.25, -0.2) is 0 Å². The minimum atomic E-state index is -4.40. The van der Waals surface area contributed by atoms with E-state index in [1.54, 1.807) is 24.3 Å². The lowest BCUT2D eigenvalue weighted by atomic mass is 10.1. The third-order valence-corrected chi connectivity index (χ3v) is 2.72. The van der Waals surface area contributed by atoms with E-state index >= 15 is 0 Å². The second kappa shape index (κ2) is 5.01. The zero-order valence-corrected chi connectivity index (χ0v) is 10.4. The van der Waals surface area contributed by atoms with Gasteiger partial charge < -0.3 is 11.1 Å². The summed E-state index contributed by atoms with van der Waals surface area (Å²) < 4.78 is 37.5. The van der Waals surface area contributed by atoms with Crippen molar-refractivity contribution in [1.29, 1.82) is 0 Å². The molecule has 2 rings (SSSR count). The van der Waals surface area contributed by atoms with Crippen LogP contribution in [0.5, 0.6) is 0 Å². The van der Waals surface area contributed by atoms with E-state index < -0.39 is 11.7 Å². The minimum absolute atomic E-state index is 0.0230. The summed E-state index contributed by atoms with van der Waals surface area (Å²) in [7, 11) is 0. The van der Waals surface area contributed by atoms with Crippen LogP contribution in [0.15, 0.2) is 42.5 Å². The third kappa shape index (κ3) is 3.32. The molecule has 0 aromatic heterocycles. The third-order valence-electron chi connectivity index (χ3n) is 2.48. The molecule has 2 aromatic carbocycles. The molecule has 2 aromatic rings. The first-order valence-electron chi connectivity index (χ1n) is 5.35. The molecule has 0 atom stereocenters. The van der Waals surface area contributed by atoms with E-state index in [1.165, 1.54) is 6.07 Å². The lowest BCUT2D eigenvalue weighted by Gasteiger charge is -2.12. The van der Waals surface area contributed by atoms with E-state index in [-0.39, 0.29) is 5.69 Å². The van der Waals surface area contributed by atoms with Crippen LogP contribution in [0.25, 0.3) is 0 Å². The van der Waals surface area contributed by atoms with Gasteiger partial charge in [0.25, 0.3) is 0 Å². The Morgan fingerprint density at radius 2 is 1.79 bits per heavy atom. The Morgan fingerprint density at radius 1 is 1.05 bits per heavy atom. The zero-order chi connectivity index (χ0) is 14.0. The normalized spacial score (nSPS) is 11.4. The van der Waals surface area contributed by atoms with Crippen molar-refractivity contribution < 1.29 is 13.2 Å². The van der Waals surface area contributed by atoms with Crippen LogP contribution in [0.4, 0.5) is 30.2 Å². The molecule has 0 aliphatic heterocycles. The number of nitrogens with one attached hydrogen (secondary N) is 1. The Morgan fingerprint density at radius 3 is 2.37 bits per heavy atom. The Bertz CT molecular complexity index is 597. The molecule has 19 heavy (non-hydrogen) atoms. The first-order chi connectivity index (χ1) is 8.86. The van der Waals surface area contributed by atoms with Gasteiger partial charge in [-0.2, -0.15) is 13.2 Å². The molecular formula is C13H10ClF3N2.